The molecule has 1 aromatic rings. The average Bonchev–Trinajstić information content (AvgIpc) is 2.40. The van der Waals surface area contributed by atoms with Crippen LogP contribution < -0.4 is 16.2 Å². The van der Waals surface area contributed by atoms with Gasteiger partial charge < -0.3 is 5.32 Å². The number of halogens is 3. The van der Waals surface area contributed by atoms with Crippen LogP contribution in [-0.4, -0.2) is 18.4 Å². The van der Waals surface area contributed by atoms with Crippen molar-refractivity contribution in [1.82, 2.24) is 10.7 Å². The number of hydrogen-bond donors (Lipinski definition) is 3. The molecule has 2 amide bonds. The fraction of sp³-hybridized carbons (Fsp3) is 0.429. The normalized spacial score (nSPS) is 11.7. The minimum Gasteiger partial charge on any atom is -0.347 e. The number of alkyl halides is 3. The molecule has 0 saturated heterocycles. The van der Waals surface area contributed by atoms with Crippen molar-refractivity contribution < 1.29 is 22.8 Å². The van der Waals surface area contributed by atoms with Gasteiger partial charge in [-0.05, 0) is 12.1 Å². The molecule has 1 aromatic carbocycles. The van der Waals surface area contributed by atoms with E-state index in [9.17, 15) is 22.8 Å². The molecule has 0 aliphatic heterocycles. The van der Waals surface area contributed by atoms with Gasteiger partial charge in [0.25, 0.3) is 5.91 Å². The molecule has 8 heteroatoms. The molecule has 3 N–H and O–H groups in total. The molecule has 22 heavy (non-hydrogen) atoms. The van der Waals surface area contributed by atoms with Gasteiger partial charge in [0, 0.05) is 5.41 Å². The van der Waals surface area contributed by atoms with Crippen LogP contribution in [0, 0.1) is 5.41 Å². The standard InChI is InChI=1S/C14H18F3N3O2/c1-13(2,3)12(22)18-8-11(21)20-19-10-7-5-4-6-9(10)14(15,16)17/h4-7,19H,8H2,1-3H3,(H,18,22)(H,20,21). The Morgan fingerprint density at radius 3 is 2.23 bits per heavy atom. The molecule has 0 aliphatic carbocycles. The predicted octanol–water partition coefficient (Wildman–Crippen LogP) is 2.31. The second kappa shape index (κ2) is 6.67. The first kappa shape index (κ1) is 17.8. The maximum absolute atomic E-state index is 12.7. The van der Waals surface area contributed by atoms with Crippen molar-refractivity contribution in [2.45, 2.75) is 26.9 Å². The smallest absolute Gasteiger partial charge is 0.347 e. The number of hydrazine groups is 1. The zero-order chi connectivity index (χ0) is 17.0. The van der Waals surface area contributed by atoms with Crippen LogP contribution in [0.3, 0.4) is 0 Å². The molecule has 0 spiro atoms. The molecule has 0 radical (unpaired) electrons. The fourth-order valence-corrected chi connectivity index (χ4v) is 1.45. The largest absolute Gasteiger partial charge is 0.418 e. The number of carbonyl (C=O) groups is 2. The summed E-state index contributed by atoms with van der Waals surface area (Å²) in [5.41, 5.74) is 2.50. The molecule has 0 atom stereocenters. The number of benzene rings is 1. The highest BCUT2D eigenvalue weighted by Crippen LogP contribution is 2.34. The summed E-state index contributed by atoms with van der Waals surface area (Å²) in [6, 6.07) is 4.75. The molecule has 0 aromatic heterocycles. The van der Waals surface area contributed by atoms with Crippen LogP contribution >= 0.6 is 0 Å². The molecule has 0 fully saturated rings. The van der Waals surface area contributed by atoms with Crippen molar-refractivity contribution in [3.8, 4) is 0 Å². The molecule has 1 rings (SSSR count). The van der Waals surface area contributed by atoms with Gasteiger partial charge in [-0.1, -0.05) is 32.9 Å². The van der Waals surface area contributed by atoms with Gasteiger partial charge in [-0.3, -0.25) is 20.4 Å². The number of carbonyl (C=O) groups excluding carboxylic acids is 2. The molecular weight excluding hydrogens is 299 g/mol. The summed E-state index contributed by atoms with van der Waals surface area (Å²) in [4.78, 5) is 23.1. The van der Waals surface area contributed by atoms with Crippen LogP contribution in [0.15, 0.2) is 24.3 Å². The van der Waals surface area contributed by atoms with Gasteiger partial charge in [-0.15, -0.1) is 0 Å². The third-order valence-corrected chi connectivity index (χ3v) is 2.66. The van der Waals surface area contributed by atoms with Gasteiger partial charge in [-0.2, -0.15) is 13.2 Å². The number of nitrogens with one attached hydrogen (secondary N) is 3. The zero-order valence-corrected chi connectivity index (χ0v) is 12.5. The van der Waals surface area contributed by atoms with E-state index in [0.717, 1.165) is 6.07 Å². The Morgan fingerprint density at radius 2 is 1.68 bits per heavy atom. The van der Waals surface area contributed by atoms with Gasteiger partial charge in [0.05, 0.1) is 17.8 Å². The second-order valence-corrected chi connectivity index (χ2v) is 5.65. The summed E-state index contributed by atoms with van der Waals surface area (Å²) in [6.07, 6.45) is -4.53. The Hall–Kier alpha value is -2.25. The Balaban J connectivity index is 2.57. The van der Waals surface area contributed by atoms with Crippen molar-refractivity contribution in [2.24, 2.45) is 5.41 Å². The van der Waals surface area contributed by atoms with Crippen LogP contribution in [0.5, 0.6) is 0 Å². The third-order valence-electron chi connectivity index (χ3n) is 2.66. The maximum Gasteiger partial charge on any atom is 0.418 e. The van der Waals surface area contributed by atoms with Crippen LogP contribution in [-0.2, 0) is 15.8 Å². The lowest BCUT2D eigenvalue weighted by Crippen LogP contribution is -2.43. The molecule has 0 bridgehead atoms. The number of amides is 2. The Bertz CT molecular complexity index is 551. The highest BCUT2D eigenvalue weighted by Gasteiger charge is 2.33. The van der Waals surface area contributed by atoms with Crippen molar-refractivity contribution in [2.75, 3.05) is 12.0 Å². The van der Waals surface area contributed by atoms with Crippen LogP contribution in [0.1, 0.15) is 26.3 Å². The fourth-order valence-electron chi connectivity index (χ4n) is 1.45. The van der Waals surface area contributed by atoms with E-state index in [-0.39, 0.29) is 18.1 Å². The Morgan fingerprint density at radius 1 is 1.09 bits per heavy atom. The molecular formula is C14H18F3N3O2. The molecule has 0 aliphatic rings. The lowest BCUT2D eigenvalue weighted by atomic mass is 9.96. The van der Waals surface area contributed by atoms with E-state index < -0.39 is 23.1 Å². The van der Waals surface area contributed by atoms with E-state index in [0.29, 0.717) is 0 Å². The Kier molecular flexibility index (Phi) is 5.40. The minimum absolute atomic E-state index is 0.273. The van der Waals surface area contributed by atoms with E-state index in [2.05, 4.69) is 16.2 Å². The van der Waals surface area contributed by atoms with E-state index in [1.165, 1.54) is 18.2 Å². The maximum atomic E-state index is 12.7. The monoisotopic (exact) mass is 317 g/mol. The third kappa shape index (κ3) is 5.27. The first-order chi connectivity index (χ1) is 10.0. The zero-order valence-electron chi connectivity index (χ0n) is 12.5. The summed E-state index contributed by atoms with van der Waals surface area (Å²) in [7, 11) is 0. The molecule has 0 heterocycles. The van der Waals surface area contributed by atoms with E-state index in [1.54, 1.807) is 20.8 Å². The number of hydrogen-bond acceptors (Lipinski definition) is 3. The van der Waals surface area contributed by atoms with Gasteiger partial charge >= 0.3 is 6.18 Å². The SMILES string of the molecule is CC(C)(C)C(=O)NCC(=O)NNc1ccccc1C(F)(F)F. The average molecular weight is 317 g/mol. The Labute approximate surface area is 126 Å². The quantitative estimate of drug-likeness (QED) is 0.746. The van der Waals surface area contributed by atoms with Gasteiger partial charge in [0.2, 0.25) is 5.91 Å². The van der Waals surface area contributed by atoms with E-state index in [1.807, 2.05) is 0 Å². The molecule has 0 unspecified atom stereocenters. The van der Waals surface area contributed by atoms with Crippen LogP contribution in [0.4, 0.5) is 18.9 Å². The number of anilines is 1. The summed E-state index contributed by atoms with van der Waals surface area (Å²) < 4.78 is 38.2. The van der Waals surface area contributed by atoms with Crippen LogP contribution in [0.25, 0.3) is 0 Å². The van der Waals surface area contributed by atoms with E-state index in [4.69, 9.17) is 0 Å². The predicted molar refractivity (Wildman–Crippen MR) is 75.7 cm³/mol. The lowest BCUT2D eigenvalue weighted by molar-refractivity contribution is -0.137. The van der Waals surface area contributed by atoms with Crippen molar-refractivity contribution in [3.05, 3.63) is 29.8 Å². The van der Waals surface area contributed by atoms with Crippen molar-refractivity contribution in [3.63, 3.8) is 0 Å². The first-order valence-electron chi connectivity index (χ1n) is 6.51. The topological polar surface area (TPSA) is 70.2 Å². The van der Waals surface area contributed by atoms with Gasteiger partial charge in [-0.25, -0.2) is 0 Å². The first-order valence-corrected chi connectivity index (χ1v) is 6.51. The molecule has 122 valence electrons. The minimum atomic E-state index is -4.53. The highest BCUT2D eigenvalue weighted by molar-refractivity contribution is 5.87. The van der Waals surface area contributed by atoms with Crippen molar-refractivity contribution in [1.29, 1.82) is 0 Å². The van der Waals surface area contributed by atoms with Crippen LogP contribution in [0.2, 0.25) is 0 Å². The lowest BCUT2D eigenvalue weighted by Gasteiger charge is -2.18. The summed E-state index contributed by atoms with van der Waals surface area (Å²) in [5.74, 6) is -0.993. The summed E-state index contributed by atoms with van der Waals surface area (Å²) in [6.45, 7) is 4.70. The summed E-state index contributed by atoms with van der Waals surface area (Å²) in [5, 5.41) is 2.39. The number of rotatable bonds is 4. The second-order valence-electron chi connectivity index (χ2n) is 5.65. The van der Waals surface area contributed by atoms with Crippen molar-refractivity contribution >= 4 is 17.5 Å². The highest BCUT2D eigenvalue weighted by atomic mass is 19.4. The summed E-state index contributed by atoms with van der Waals surface area (Å²) >= 11 is 0. The number of para-hydroxylation sites is 1. The molecule has 0 saturated carbocycles. The molecule has 5 nitrogen and oxygen atoms in total. The van der Waals surface area contributed by atoms with Gasteiger partial charge in [0.15, 0.2) is 0 Å². The van der Waals surface area contributed by atoms with E-state index >= 15 is 0 Å². The van der Waals surface area contributed by atoms with Gasteiger partial charge in [0.1, 0.15) is 0 Å².